The van der Waals surface area contributed by atoms with E-state index < -0.39 is 11.2 Å². The van der Waals surface area contributed by atoms with Gasteiger partial charge in [-0.25, -0.2) is 9.37 Å². The summed E-state index contributed by atoms with van der Waals surface area (Å²) >= 11 is 1.33. The summed E-state index contributed by atoms with van der Waals surface area (Å²) in [6.07, 6.45) is 3.82. The molecule has 32 heavy (non-hydrogen) atoms. The molecule has 4 rings (SSSR count). The number of carbonyl (C=O) groups excluding carboxylic acids is 1. The highest BCUT2D eigenvalue weighted by Crippen LogP contribution is 2.30. The molecule has 1 N–H and O–H groups in total. The molecule has 168 valence electrons. The third-order valence-corrected chi connectivity index (χ3v) is 6.53. The zero-order valence-corrected chi connectivity index (χ0v) is 18.7. The van der Waals surface area contributed by atoms with Crippen molar-refractivity contribution in [1.29, 1.82) is 0 Å². The smallest absolute Gasteiger partial charge is 0.274 e. The minimum absolute atomic E-state index is 0.00330. The second kappa shape index (κ2) is 9.22. The molecule has 1 aliphatic rings. The average molecular weight is 458 g/mol. The molecule has 0 saturated heterocycles. The van der Waals surface area contributed by atoms with Gasteiger partial charge >= 0.3 is 0 Å². The second-order valence-corrected chi connectivity index (χ2v) is 8.68. The predicted octanol–water partition coefficient (Wildman–Crippen LogP) is 3.29. The van der Waals surface area contributed by atoms with E-state index in [1.807, 2.05) is 13.8 Å². The van der Waals surface area contributed by atoms with Crippen LogP contribution in [0.4, 0.5) is 4.39 Å². The van der Waals surface area contributed by atoms with E-state index in [1.165, 1.54) is 23.5 Å². The molecule has 2 aromatic heterocycles. The van der Waals surface area contributed by atoms with Crippen molar-refractivity contribution in [1.82, 2.24) is 14.5 Å². The van der Waals surface area contributed by atoms with Crippen LogP contribution in [0.25, 0.3) is 10.6 Å². The van der Waals surface area contributed by atoms with Crippen molar-refractivity contribution in [3.8, 4) is 16.3 Å². The monoisotopic (exact) mass is 457 g/mol. The Labute approximate surface area is 188 Å². The Bertz CT molecular complexity index is 1190. The zero-order chi connectivity index (χ0) is 22.8. The van der Waals surface area contributed by atoms with Gasteiger partial charge in [-0.2, -0.15) is 0 Å². The normalized spacial score (nSPS) is 15.8. The number of hydrogen-bond donors (Lipinski definition) is 1. The summed E-state index contributed by atoms with van der Waals surface area (Å²) in [5.74, 6) is -1.24. The lowest BCUT2D eigenvalue weighted by molar-refractivity contribution is 0.0342. The van der Waals surface area contributed by atoms with Crippen molar-refractivity contribution >= 4 is 17.2 Å². The average Bonchev–Trinajstić information content (AvgIpc) is 3.24. The molecule has 7 nitrogen and oxygen atoms in total. The van der Waals surface area contributed by atoms with Gasteiger partial charge in [0.25, 0.3) is 5.91 Å². The summed E-state index contributed by atoms with van der Waals surface area (Å²) in [6, 6.07) is 6.02. The highest BCUT2D eigenvalue weighted by molar-refractivity contribution is 7.15. The van der Waals surface area contributed by atoms with E-state index in [1.54, 1.807) is 34.0 Å². The van der Waals surface area contributed by atoms with Crippen molar-refractivity contribution in [3.05, 3.63) is 68.8 Å². The quantitative estimate of drug-likeness (QED) is 0.589. The highest BCUT2D eigenvalue weighted by atomic mass is 32.1. The van der Waals surface area contributed by atoms with Gasteiger partial charge in [-0.3, -0.25) is 9.59 Å². The molecule has 0 unspecified atom stereocenters. The molecule has 1 aromatic carbocycles. The Balaban J connectivity index is 1.68. The molecule has 9 heteroatoms. The summed E-state index contributed by atoms with van der Waals surface area (Å²) in [4.78, 5) is 32.8. The van der Waals surface area contributed by atoms with E-state index in [4.69, 9.17) is 4.74 Å². The number of aromatic hydroxyl groups is 1. The number of aromatic nitrogens is 2. The van der Waals surface area contributed by atoms with Crippen LogP contribution < -0.4 is 5.43 Å². The Kier molecular flexibility index (Phi) is 6.38. The summed E-state index contributed by atoms with van der Waals surface area (Å²) < 4.78 is 20.3. The van der Waals surface area contributed by atoms with Crippen molar-refractivity contribution in [3.63, 3.8) is 0 Å². The molecule has 1 amide bonds. The number of fused-ring (bicyclic) bond motifs is 1. The molecule has 1 atom stereocenters. The molecule has 0 spiro atoms. The molecule has 1 aliphatic heterocycles. The van der Waals surface area contributed by atoms with Crippen molar-refractivity contribution in [2.24, 2.45) is 0 Å². The number of thiazole rings is 1. The number of likely N-dealkylation sites (N-methyl/N-ethyl adjacent to an activating group) is 1. The maximum atomic E-state index is 13.1. The van der Waals surface area contributed by atoms with Crippen molar-refractivity contribution in [2.45, 2.75) is 32.9 Å². The fourth-order valence-corrected chi connectivity index (χ4v) is 4.87. The van der Waals surface area contributed by atoms with Gasteiger partial charge in [0.2, 0.25) is 5.43 Å². The Hall–Kier alpha value is -3.04. The van der Waals surface area contributed by atoms with Gasteiger partial charge in [-0.1, -0.05) is 12.1 Å². The summed E-state index contributed by atoms with van der Waals surface area (Å²) in [5, 5.41) is 11.1. The van der Waals surface area contributed by atoms with E-state index >= 15 is 0 Å². The van der Waals surface area contributed by atoms with Gasteiger partial charge in [0, 0.05) is 43.4 Å². The van der Waals surface area contributed by atoms with Gasteiger partial charge in [0.05, 0.1) is 18.2 Å². The zero-order valence-electron chi connectivity index (χ0n) is 17.9. The van der Waals surface area contributed by atoms with Gasteiger partial charge in [-0.05, 0) is 31.5 Å². The lowest BCUT2D eigenvalue weighted by atomic mass is 10.1. The molecule has 0 bridgehead atoms. The number of amides is 1. The van der Waals surface area contributed by atoms with Gasteiger partial charge in [-0.15, -0.1) is 11.3 Å². The Morgan fingerprint density at radius 2 is 2.00 bits per heavy atom. The minimum Gasteiger partial charge on any atom is -0.503 e. The topological polar surface area (TPSA) is 84.7 Å². The maximum absolute atomic E-state index is 13.1. The molecule has 0 saturated carbocycles. The molecule has 0 fully saturated rings. The van der Waals surface area contributed by atoms with Crippen LogP contribution in [0.3, 0.4) is 0 Å². The fourth-order valence-electron chi connectivity index (χ4n) is 3.91. The largest absolute Gasteiger partial charge is 0.503 e. The molecule has 3 heterocycles. The first kappa shape index (κ1) is 22.2. The number of nitrogens with zero attached hydrogens (tertiary/aromatic N) is 3. The predicted molar refractivity (Wildman–Crippen MR) is 120 cm³/mol. The third-order valence-electron chi connectivity index (χ3n) is 5.50. The van der Waals surface area contributed by atoms with E-state index in [0.29, 0.717) is 37.7 Å². The summed E-state index contributed by atoms with van der Waals surface area (Å²) in [7, 11) is 0. The standard InChI is InChI=1S/C23H24FN3O4S/c1-3-27-16(13-31-4-2)11-26-12-18(20(28)21(29)19(26)23(27)30)22-25-10-17(32-22)9-14-5-7-15(24)8-6-14/h5-8,10,12,16,29H,3-4,9,11,13H2,1-2H3/t16-/m0/s1. The SMILES string of the molecule is CCOC[C@@H]1Cn2cc(-c3ncc(Cc4ccc(F)cc4)s3)c(=O)c(O)c2C(=O)N1CC. The van der Waals surface area contributed by atoms with E-state index in [2.05, 4.69) is 4.98 Å². The van der Waals surface area contributed by atoms with Crippen LogP contribution in [0, 0.1) is 5.82 Å². The number of hydrogen-bond acceptors (Lipinski definition) is 6. The first-order chi connectivity index (χ1) is 15.4. The fraction of sp³-hybridized carbons (Fsp3) is 0.348. The van der Waals surface area contributed by atoms with Crippen LogP contribution in [-0.4, -0.2) is 51.3 Å². The first-order valence-electron chi connectivity index (χ1n) is 10.5. The number of ether oxygens (including phenoxy) is 1. The number of benzene rings is 1. The van der Waals surface area contributed by atoms with E-state index in [9.17, 15) is 19.1 Å². The summed E-state index contributed by atoms with van der Waals surface area (Å²) in [6.45, 7) is 5.51. The van der Waals surface area contributed by atoms with Crippen LogP contribution >= 0.6 is 11.3 Å². The Morgan fingerprint density at radius 3 is 2.69 bits per heavy atom. The molecule has 0 radical (unpaired) electrons. The third kappa shape index (κ3) is 4.18. The van der Waals surface area contributed by atoms with Gasteiger partial charge in [0.1, 0.15) is 10.8 Å². The van der Waals surface area contributed by atoms with Crippen LogP contribution in [0.1, 0.15) is 34.8 Å². The molecule has 3 aromatic rings. The van der Waals surface area contributed by atoms with Gasteiger partial charge < -0.3 is 19.3 Å². The van der Waals surface area contributed by atoms with Crippen LogP contribution in [0.5, 0.6) is 5.75 Å². The summed E-state index contributed by atoms with van der Waals surface area (Å²) in [5.41, 5.74) is 0.549. The van der Waals surface area contributed by atoms with Crippen LogP contribution in [0.15, 0.2) is 41.5 Å². The molecule has 0 aliphatic carbocycles. The lowest BCUT2D eigenvalue weighted by Crippen LogP contribution is -2.50. The van der Waals surface area contributed by atoms with E-state index in [-0.39, 0.29) is 29.0 Å². The highest BCUT2D eigenvalue weighted by Gasteiger charge is 2.35. The number of halogens is 1. The van der Waals surface area contributed by atoms with E-state index in [0.717, 1.165) is 10.4 Å². The van der Waals surface area contributed by atoms with Gasteiger partial charge in [0.15, 0.2) is 11.4 Å². The molecular weight excluding hydrogens is 433 g/mol. The molecular formula is C23H24FN3O4S. The maximum Gasteiger partial charge on any atom is 0.274 e. The first-order valence-corrected chi connectivity index (χ1v) is 11.3. The second-order valence-electron chi connectivity index (χ2n) is 7.56. The van der Waals surface area contributed by atoms with Crippen LogP contribution in [-0.2, 0) is 17.7 Å². The Morgan fingerprint density at radius 1 is 1.25 bits per heavy atom. The minimum atomic E-state index is -0.619. The number of pyridine rings is 1. The van der Waals surface area contributed by atoms with Crippen molar-refractivity contribution in [2.75, 3.05) is 19.8 Å². The van der Waals surface area contributed by atoms with Crippen molar-refractivity contribution < 1.29 is 19.0 Å². The number of carbonyl (C=O) groups is 1. The lowest BCUT2D eigenvalue weighted by Gasteiger charge is -2.37. The number of rotatable bonds is 7. The van der Waals surface area contributed by atoms with Crippen LogP contribution in [0.2, 0.25) is 0 Å².